The van der Waals surface area contributed by atoms with Crippen LogP contribution < -0.4 is 4.90 Å². The van der Waals surface area contributed by atoms with Crippen LogP contribution in [0.15, 0.2) is 24.3 Å². The number of aliphatic hydroxyl groups excluding tert-OH is 1. The van der Waals surface area contributed by atoms with E-state index in [9.17, 15) is 9.90 Å². The van der Waals surface area contributed by atoms with Crippen LogP contribution in [0.1, 0.15) is 12.0 Å². The summed E-state index contributed by atoms with van der Waals surface area (Å²) in [5, 5.41) is 9.17. The van der Waals surface area contributed by atoms with E-state index >= 15 is 0 Å². The fraction of sp³-hybridized carbons (Fsp3) is 0.562. The fourth-order valence-electron chi connectivity index (χ4n) is 3.10. The summed E-state index contributed by atoms with van der Waals surface area (Å²) in [7, 11) is 0. The number of aliphatic hydroxyl groups is 1. The van der Waals surface area contributed by atoms with Crippen LogP contribution in [-0.4, -0.2) is 61.4 Å². The predicted octanol–water partition coefficient (Wildman–Crippen LogP) is 0.659. The molecule has 0 saturated carbocycles. The quantitative estimate of drug-likeness (QED) is 0.888. The van der Waals surface area contributed by atoms with Crippen LogP contribution >= 0.6 is 0 Å². The van der Waals surface area contributed by atoms with Gasteiger partial charge in [0.2, 0.25) is 5.91 Å². The maximum absolute atomic E-state index is 12.6. The van der Waals surface area contributed by atoms with E-state index in [1.165, 1.54) is 5.56 Å². The summed E-state index contributed by atoms with van der Waals surface area (Å²) in [5.41, 5.74) is 2.31. The summed E-state index contributed by atoms with van der Waals surface area (Å²) >= 11 is 0. The zero-order valence-corrected chi connectivity index (χ0v) is 12.2. The number of carbonyl (C=O) groups is 1. The smallest absolute Gasteiger partial charge is 0.241 e. The minimum atomic E-state index is -0.166. The number of morpholine rings is 1. The number of para-hydroxylation sites is 1. The Hall–Kier alpha value is -1.43. The number of amides is 1. The molecule has 0 aliphatic carbocycles. The molecular formula is C16H22N2O3. The highest BCUT2D eigenvalue weighted by Crippen LogP contribution is 2.26. The zero-order valence-electron chi connectivity index (χ0n) is 12.2. The zero-order chi connectivity index (χ0) is 14.7. The van der Waals surface area contributed by atoms with Crippen molar-refractivity contribution >= 4 is 11.6 Å². The van der Waals surface area contributed by atoms with E-state index in [4.69, 9.17) is 4.74 Å². The third-order valence-corrected chi connectivity index (χ3v) is 4.20. The molecule has 114 valence electrons. The van der Waals surface area contributed by atoms with Gasteiger partial charge in [0.05, 0.1) is 25.9 Å². The maximum atomic E-state index is 12.6. The lowest BCUT2D eigenvalue weighted by Gasteiger charge is -2.35. The van der Waals surface area contributed by atoms with Crippen molar-refractivity contribution in [3.05, 3.63) is 29.8 Å². The molecule has 1 aromatic rings. The van der Waals surface area contributed by atoms with Gasteiger partial charge in [-0.1, -0.05) is 18.2 Å². The van der Waals surface area contributed by atoms with Crippen LogP contribution in [0.4, 0.5) is 5.69 Å². The number of ether oxygens (including phenoxy) is 1. The van der Waals surface area contributed by atoms with Crippen molar-refractivity contribution in [2.75, 3.05) is 44.3 Å². The predicted molar refractivity (Wildman–Crippen MR) is 80.4 cm³/mol. The van der Waals surface area contributed by atoms with Gasteiger partial charge in [-0.3, -0.25) is 9.69 Å². The molecule has 2 heterocycles. The minimum absolute atomic E-state index is 0.0111. The highest BCUT2D eigenvalue weighted by molar-refractivity contribution is 5.95. The van der Waals surface area contributed by atoms with Gasteiger partial charge in [-0.25, -0.2) is 0 Å². The van der Waals surface area contributed by atoms with Gasteiger partial charge in [0.25, 0.3) is 0 Å². The first kappa shape index (κ1) is 14.5. The standard InChI is InChI=1S/C16H22N2O3/c19-12-14-10-17(8-9-21-14)11-16(20)18-7-3-5-13-4-1-2-6-15(13)18/h1-2,4,6,14,19H,3,5,7-12H2. The fourth-order valence-corrected chi connectivity index (χ4v) is 3.10. The molecule has 1 saturated heterocycles. The molecule has 2 aliphatic heterocycles. The van der Waals surface area contributed by atoms with Crippen LogP contribution in [-0.2, 0) is 16.0 Å². The first-order chi connectivity index (χ1) is 10.3. The largest absolute Gasteiger partial charge is 0.394 e. The van der Waals surface area contributed by atoms with Crippen LogP contribution in [0.25, 0.3) is 0 Å². The monoisotopic (exact) mass is 290 g/mol. The van der Waals surface area contributed by atoms with Crippen molar-refractivity contribution in [1.82, 2.24) is 4.90 Å². The average Bonchev–Trinajstić information content (AvgIpc) is 2.54. The Labute approximate surface area is 125 Å². The second-order valence-corrected chi connectivity index (χ2v) is 5.69. The number of rotatable bonds is 3. The topological polar surface area (TPSA) is 53.0 Å². The summed E-state index contributed by atoms with van der Waals surface area (Å²) in [5.74, 6) is 0.140. The molecule has 5 nitrogen and oxygen atoms in total. The minimum Gasteiger partial charge on any atom is -0.394 e. The van der Waals surface area contributed by atoms with Crippen LogP contribution in [0, 0.1) is 0 Å². The number of hydrogen-bond donors (Lipinski definition) is 1. The second-order valence-electron chi connectivity index (χ2n) is 5.69. The summed E-state index contributed by atoms with van der Waals surface area (Å²) in [6.45, 7) is 3.15. The average molecular weight is 290 g/mol. The van der Waals surface area contributed by atoms with Gasteiger partial charge >= 0.3 is 0 Å². The van der Waals surface area contributed by atoms with Gasteiger partial charge in [-0.15, -0.1) is 0 Å². The number of aryl methyl sites for hydroxylation is 1. The summed E-state index contributed by atoms with van der Waals surface area (Å²) < 4.78 is 5.42. The normalized spacial score (nSPS) is 22.9. The van der Waals surface area contributed by atoms with E-state index in [1.807, 2.05) is 23.1 Å². The summed E-state index contributed by atoms with van der Waals surface area (Å²) in [6, 6.07) is 8.15. The van der Waals surface area contributed by atoms with Crippen molar-refractivity contribution in [2.45, 2.75) is 18.9 Å². The Kier molecular flexibility index (Phi) is 4.53. The van der Waals surface area contributed by atoms with Crippen molar-refractivity contribution in [2.24, 2.45) is 0 Å². The first-order valence-corrected chi connectivity index (χ1v) is 7.61. The Bertz CT molecular complexity index is 506. The van der Waals surface area contributed by atoms with E-state index in [1.54, 1.807) is 0 Å². The molecule has 1 aromatic carbocycles. The second kappa shape index (κ2) is 6.56. The Morgan fingerprint density at radius 1 is 1.33 bits per heavy atom. The van der Waals surface area contributed by atoms with Crippen LogP contribution in [0.3, 0.4) is 0 Å². The lowest BCUT2D eigenvalue weighted by molar-refractivity contribution is -0.122. The third-order valence-electron chi connectivity index (χ3n) is 4.20. The van der Waals surface area contributed by atoms with Gasteiger partial charge < -0.3 is 14.7 Å². The Balaban J connectivity index is 1.66. The van der Waals surface area contributed by atoms with Gasteiger partial charge in [0, 0.05) is 25.3 Å². The molecule has 0 spiro atoms. The van der Waals surface area contributed by atoms with E-state index in [0.717, 1.165) is 31.6 Å². The van der Waals surface area contributed by atoms with E-state index in [0.29, 0.717) is 19.7 Å². The molecule has 1 unspecified atom stereocenters. The molecule has 21 heavy (non-hydrogen) atoms. The highest BCUT2D eigenvalue weighted by Gasteiger charge is 2.26. The number of carbonyl (C=O) groups excluding carboxylic acids is 1. The van der Waals surface area contributed by atoms with Crippen molar-refractivity contribution in [1.29, 1.82) is 0 Å². The van der Waals surface area contributed by atoms with Crippen molar-refractivity contribution in [3.63, 3.8) is 0 Å². The molecule has 0 aromatic heterocycles. The number of anilines is 1. The Morgan fingerprint density at radius 2 is 2.19 bits per heavy atom. The SMILES string of the molecule is O=C(CN1CCOC(CO)C1)N1CCCc2ccccc21. The van der Waals surface area contributed by atoms with Gasteiger partial charge in [-0.05, 0) is 24.5 Å². The van der Waals surface area contributed by atoms with E-state index in [-0.39, 0.29) is 18.6 Å². The molecular weight excluding hydrogens is 268 g/mol. The van der Waals surface area contributed by atoms with E-state index in [2.05, 4.69) is 11.0 Å². The van der Waals surface area contributed by atoms with Gasteiger partial charge in [-0.2, -0.15) is 0 Å². The highest BCUT2D eigenvalue weighted by atomic mass is 16.5. The summed E-state index contributed by atoms with van der Waals surface area (Å²) in [6.07, 6.45) is 1.90. The molecule has 3 rings (SSSR count). The number of benzene rings is 1. The Morgan fingerprint density at radius 3 is 3.05 bits per heavy atom. The molecule has 1 amide bonds. The van der Waals surface area contributed by atoms with E-state index < -0.39 is 0 Å². The molecule has 5 heteroatoms. The first-order valence-electron chi connectivity index (χ1n) is 7.61. The van der Waals surface area contributed by atoms with Crippen molar-refractivity contribution in [3.8, 4) is 0 Å². The van der Waals surface area contributed by atoms with Crippen molar-refractivity contribution < 1.29 is 14.6 Å². The molecule has 1 atom stereocenters. The molecule has 0 radical (unpaired) electrons. The molecule has 0 bridgehead atoms. The third kappa shape index (κ3) is 3.26. The number of nitrogens with zero attached hydrogens (tertiary/aromatic N) is 2. The lowest BCUT2D eigenvalue weighted by Crippen LogP contribution is -2.49. The number of hydrogen-bond acceptors (Lipinski definition) is 4. The van der Waals surface area contributed by atoms with Gasteiger partial charge in [0.1, 0.15) is 0 Å². The lowest BCUT2D eigenvalue weighted by atomic mass is 10.0. The number of fused-ring (bicyclic) bond motifs is 1. The summed E-state index contributed by atoms with van der Waals surface area (Å²) in [4.78, 5) is 16.6. The molecule has 1 N–H and O–H groups in total. The molecule has 2 aliphatic rings. The molecule has 1 fully saturated rings. The van der Waals surface area contributed by atoms with Crippen LogP contribution in [0.5, 0.6) is 0 Å². The van der Waals surface area contributed by atoms with Crippen LogP contribution in [0.2, 0.25) is 0 Å². The maximum Gasteiger partial charge on any atom is 0.241 e. The van der Waals surface area contributed by atoms with Gasteiger partial charge in [0.15, 0.2) is 0 Å².